The predicted molar refractivity (Wildman–Crippen MR) is 103 cm³/mol. The van der Waals surface area contributed by atoms with Crippen molar-refractivity contribution in [3.05, 3.63) is 65.9 Å². The fraction of sp³-hybridized carbons (Fsp3) is 0.200. The minimum absolute atomic E-state index is 0.199. The summed E-state index contributed by atoms with van der Waals surface area (Å²) >= 11 is 0. The number of amides is 1. The van der Waals surface area contributed by atoms with E-state index in [1.54, 1.807) is 6.21 Å². The molecule has 3 rings (SSSR count). The van der Waals surface area contributed by atoms with Crippen LogP contribution in [0.25, 0.3) is 10.9 Å². The first kappa shape index (κ1) is 19.5. The second-order valence-corrected chi connectivity index (χ2v) is 6.11. The van der Waals surface area contributed by atoms with Crippen LogP contribution in [0.3, 0.4) is 0 Å². The zero-order chi connectivity index (χ0) is 20.1. The minimum atomic E-state index is -4.43. The maximum atomic E-state index is 12.7. The third kappa shape index (κ3) is 4.51. The number of nitrogens with one attached hydrogen (secondary N) is 2. The molecule has 0 aliphatic carbocycles. The van der Waals surface area contributed by atoms with Crippen LogP contribution in [0.2, 0.25) is 0 Å². The Kier molecular flexibility index (Phi) is 5.67. The van der Waals surface area contributed by atoms with Crippen molar-refractivity contribution in [3.8, 4) is 0 Å². The highest BCUT2D eigenvalue weighted by atomic mass is 19.4. The molecule has 28 heavy (non-hydrogen) atoms. The summed E-state index contributed by atoms with van der Waals surface area (Å²) in [6, 6.07) is 12.5. The van der Waals surface area contributed by atoms with E-state index in [0.29, 0.717) is 0 Å². The van der Waals surface area contributed by atoms with Gasteiger partial charge in [-0.05, 0) is 31.2 Å². The molecule has 0 atom stereocenters. The van der Waals surface area contributed by atoms with E-state index in [1.807, 2.05) is 37.4 Å². The topological polar surface area (TPSA) is 58.4 Å². The van der Waals surface area contributed by atoms with Crippen LogP contribution in [0.15, 0.2) is 59.8 Å². The van der Waals surface area contributed by atoms with Crippen molar-refractivity contribution < 1.29 is 18.0 Å². The van der Waals surface area contributed by atoms with Crippen LogP contribution in [0.1, 0.15) is 18.1 Å². The van der Waals surface area contributed by atoms with Gasteiger partial charge in [0.25, 0.3) is 5.91 Å². The fourth-order valence-corrected chi connectivity index (χ4v) is 2.84. The lowest BCUT2D eigenvalue weighted by molar-refractivity contribution is -0.137. The van der Waals surface area contributed by atoms with Gasteiger partial charge in [-0.3, -0.25) is 4.79 Å². The molecule has 1 aromatic heterocycles. The smallest absolute Gasteiger partial charge is 0.376 e. The van der Waals surface area contributed by atoms with Crippen LogP contribution in [-0.4, -0.2) is 23.2 Å². The Morgan fingerprint density at radius 2 is 1.96 bits per heavy atom. The first-order chi connectivity index (χ1) is 13.4. The van der Waals surface area contributed by atoms with Gasteiger partial charge in [-0.2, -0.15) is 18.3 Å². The molecule has 0 aliphatic rings. The van der Waals surface area contributed by atoms with Gasteiger partial charge in [0.15, 0.2) is 0 Å². The van der Waals surface area contributed by atoms with Crippen LogP contribution in [0.5, 0.6) is 0 Å². The Hall–Kier alpha value is -3.29. The summed E-state index contributed by atoms with van der Waals surface area (Å²) in [5, 5.41) is 7.63. The summed E-state index contributed by atoms with van der Waals surface area (Å²) in [7, 11) is 0. The summed E-state index contributed by atoms with van der Waals surface area (Å²) in [6.07, 6.45) is -0.931. The summed E-state index contributed by atoms with van der Waals surface area (Å²) in [5.74, 6) is -0.465. The summed E-state index contributed by atoms with van der Waals surface area (Å²) in [6.45, 7) is 2.64. The highest BCUT2D eigenvalue weighted by Crippen LogP contribution is 2.30. The van der Waals surface area contributed by atoms with Crippen molar-refractivity contribution >= 4 is 28.7 Å². The molecule has 0 unspecified atom stereocenters. The van der Waals surface area contributed by atoms with Gasteiger partial charge in [0.1, 0.15) is 0 Å². The Morgan fingerprint density at radius 1 is 1.18 bits per heavy atom. The molecule has 8 heteroatoms. The van der Waals surface area contributed by atoms with Gasteiger partial charge >= 0.3 is 6.18 Å². The molecular weight excluding hydrogens is 369 g/mol. The lowest BCUT2D eigenvalue weighted by Gasteiger charge is -2.09. The highest BCUT2D eigenvalue weighted by molar-refractivity contribution is 5.99. The van der Waals surface area contributed by atoms with Crippen LogP contribution >= 0.6 is 0 Å². The summed E-state index contributed by atoms with van der Waals surface area (Å²) in [4.78, 5) is 11.9. The Bertz CT molecular complexity index is 1010. The summed E-state index contributed by atoms with van der Waals surface area (Å²) in [5.41, 5.74) is 3.75. The van der Waals surface area contributed by atoms with Crippen molar-refractivity contribution in [2.75, 3.05) is 11.9 Å². The van der Waals surface area contributed by atoms with E-state index in [0.717, 1.165) is 35.1 Å². The number of aryl methyl sites for hydroxylation is 1. The Labute approximate surface area is 159 Å². The van der Waals surface area contributed by atoms with Gasteiger partial charge in [0.05, 0.1) is 18.3 Å². The number of hydrazone groups is 1. The monoisotopic (exact) mass is 388 g/mol. The number of benzene rings is 2. The molecule has 0 radical (unpaired) electrons. The molecule has 5 nitrogen and oxygen atoms in total. The van der Waals surface area contributed by atoms with Gasteiger partial charge in [-0.1, -0.05) is 24.3 Å². The molecule has 0 saturated carbocycles. The number of hydrogen-bond donors (Lipinski definition) is 2. The third-order valence-electron chi connectivity index (χ3n) is 4.20. The van der Waals surface area contributed by atoms with Crippen LogP contribution in [0.4, 0.5) is 18.9 Å². The molecule has 3 aromatic rings. The maximum Gasteiger partial charge on any atom is 0.416 e. The van der Waals surface area contributed by atoms with Crippen LogP contribution in [-0.2, 0) is 17.5 Å². The van der Waals surface area contributed by atoms with E-state index in [2.05, 4.69) is 20.4 Å². The first-order valence-corrected chi connectivity index (χ1v) is 8.69. The lowest BCUT2D eigenvalue weighted by atomic mass is 10.2. The van der Waals surface area contributed by atoms with E-state index in [4.69, 9.17) is 0 Å². The van der Waals surface area contributed by atoms with Crippen LogP contribution < -0.4 is 10.7 Å². The van der Waals surface area contributed by atoms with Crippen LogP contribution in [0, 0.1) is 0 Å². The van der Waals surface area contributed by atoms with E-state index in [9.17, 15) is 18.0 Å². The quantitative estimate of drug-likeness (QED) is 0.490. The highest BCUT2D eigenvalue weighted by Gasteiger charge is 2.30. The normalized spacial score (nSPS) is 11.9. The lowest BCUT2D eigenvalue weighted by Crippen LogP contribution is -2.26. The number of hydrogen-bond acceptors (Lipinski definition) is 3. The molecular formula is C20H19F3N4O. The molecule has 146 valence electrons. The number of para-hydroxylation sites is 1. The number of anilines is 1. The number of nitrogens with zero attached hydrogens (tertiary/aromatic N) is 2. The Morgan fingerprint density at radius 3 is 2.71 bits per heavy atom. The molecule has 0 bridgehead atoms. The van der Waals surface area contributed by atoms with Gasteiger partial charge in [0, 0.05) is 34.9 Å². The van der Waals surface area contributed by atoms with Gasteiger partial charge < -0.3 is 9.88 Å². The number of rotatable bonds is 6. The number of fused-ring (bicyclic) bond motifs is 1. The third-order valence-corrected chi connectivity index (χ3v) is 4.20. The molecule has 0 spiro atoms. The van der Waals surface area contributed by atoms with E-state index >= 15 is 0 Å². The number of carbonyl (C=O) groups excluding carboxylic acids is 1. The summed E-state index contributed by atoms with van der Waals surface area (Å²) < 4.78 is 40.2. The average molecular weight is 388 g/mol. The molecule has 0 saturated heterocycles. The zero-order valence-corrected chi connectivity index (χ0v) is 15.1. The number of halogens is 3. The van der Waals surface area contributed by atoms with Crippen molar-refractivity contribution in [3.63, 3.8) is 0 Å². The molecule has 0 aliphatic heterocycles. The molecule has 1 amide bonds. The molecule has 2 N–H and O–H groups in total. The second kappa shape index (κ2) is 8.16. The molecule has 0 fully saturated rings. The Balaban J connectivity index is 1.59. The second-order valence-electron chi connectivity index (χ2n) is 6.11. The molecule has 1 heterocycles. The average Bonchev–Trinajstić information content (AvgIpc) is 3.04. The fourth-order valence-electron chi connectivity index (χ4n) is 2.84. The van der Waals surface area contributed by atoms with Crippen molar-refractivity contribution in [1.29, 1.82) is 0 Å². The van der Waals surface area contributed by atoms with Crippen molar-refractivity contribution in [2.45, 2.75) is 19.6 Å². The van der Waals surface area contributed by atoms with E-state index in [1.165, 1.54) is 12.1 Å². The number of carbonyl (C=O) groups is 1. The number of aromatic nitrogens is 1. The largest absolute Gasteiger partial charge is 0.416 e. The molecule has 2 aromatic carbocycles. The number of alkyl halides is 3. The zero-order valence-electron chi connectivity index (χ0n) is 15.1. The van der Waals surface area contributed by atoms with E-state index < -0.39 is 17.6 Å². The van der Waals surface area contributed by atoms with Crippen molar-refractivity contribution in [2.24, 2.45) is 5.10 Å². The standard InChI is InChI=1S/C20H19F3N4O/c1-2-27-13-14(17-8-3-4-9-18(17)27)11-25-26-19(28)12-24-16-7-5-6-15(10-16)20(21,22)23/h3-11,13,24H,2,12H2,1H3,(H,26,28)/b25-11+. The van der Waals surface area contributed by atoms with Gasteiger partial charge in [-0.15, -0.1) is 0 Å². The van der Waals surface area contributed by atoms with E-state index in [-0.39, 0.29) is 12.2 Å². The SMILES string of the molecule is CCn1cc(/C=N/NC(=O)CNc2cccc(C(F)(F)F)c2)c2ccccc21. The minimum Gasteiger partial charge on any atom is -0.376 e. The van der Waals surface area contributed by atoms with Gasteiger partial charge in [0.2, 0.25) is 0 Å². The maximum absolute atomic E-state index is 12.7. The predicted octanol–water partition coefficient (Wildman–Crippen LogP) is 4.24. The van der Waals surface area contributed by atoms with Crippen molar-refractivity contribution in [1.82, 2.24) is 9.99 Å². The first-order valence-electron chi connectivity index (χ1n) is 8.69. The van der Waals surface area contributed by atoms with Gasteiger partial charge in [-0.25, -0.2) is 5.43 Å².